The Labute approximate surface area is 143 Å². The molecular formula is C16H16N4O3S. The maximum absolute atomic E-state index is 12.4. The average molecular weight is 344 g/mol. The number of phenols is 1. The largest absolute Gasteiger partial charge is 0.508 e. The molecule has 0 saturated carbocycles. The fraction of sp³-hybridized carbons (Fsp3) is 0.250. The van der Waals surface area contributed by atoms with Crippen molar-refractivity contribution in [3.05, 3.63) is 41.2 Å². The first-order valence-electron chi connectivity index (χ1n) is 7.39. The number of fused-ring (bicyclic) bond motifs is 1. The van der Waals surface area contributed by atoms with Crippen LogP contribution in [0.15, 0.2) is 40.1 Å². The number of thioether (sulfide) groups is 1. The number of hydrogen-bond donors (Lipinski definition) is 1. The second-order valence-electron chi connectivity index (χ2n) is 5.05. The fourth-order valence-corrected chi connectivity index (χ4v) is 3.08. The van der Waals surface area contributed by atoms with Crippen LogP contribution in [0.4, 0.5) is 0 Å². The number of carbonyl (C=O) groups is 1. The SMILES string of the molecule is CCOC(=O)C(=Cc1cccc(O)c1)C1=Nn2c(C)nnc2SC1. The van der Waals surface area contributed by atoms with E-state index in [1.54, 1.807) is 48.9 Å². The summed E-state index contributed by atoms with van der Waals surface area (Å²) >= 11 is 1.46. The van der Waals surface area contributed by atoms with E-state index in [0.717, 1.165) is 0 Å². The number of esters is 1. The molecule has 1 aromatic heterocycles. The molecule has 0 aliphatic carbocycles. The van der Waals surface area contributed by atoms with Crippen LogP contribution in [0.25, 0.3) is 6.08 Å². The Balaban J connectivity index is 2.04. The third kappa shape index (κ3) is 3.33. The van der Waals surface area contributed by atoms with Gasteiger partial charge in [-0.25, -0.2) is 4.79 Å². The third-order valence-corrected chi connectivity index (χ3v) is 4.24. The van der Waals surface area contributed by atoms with Gasteiger partial charge < -0.3 is 9.84 Å². The van der Waals surface area contributed by atoms with Gasteiger partial charge in [-0.05, 0) is 37.6 Å². The molecule has 1 aliphatic rings. The lowest BCUT2D eigenvalue weighted by atomic mass is 10.1. The molecule has 3 rings (SSSR count). The first kappa shape index (κ1) is 16.3. The standard InChI is InChI=1S/C16H16N4O3S/c1-3-23-15(22)13(8-11-5-4-6-12(21)7-11)14-9-24-16-18-17-10(2)20(16)19-14/h4-8,21H,3,9H2,1-2H3. The fourth-order valence-electron chi connectivity index (χ4n) is 2.21. The Morgan fingerprint density at radius 2 is 2.29 bits per heavy atom. The van der Waals surface area contributed by atoms with Crippen LogP contribution >= 0.6 is 11.8 Å². The Bertz CT molecular complexity index is 842. The van der Waals surface area contributed by atoms with Gasteiger partial charge in [-0.15, -0.1) is 10.2 Å². The number of carbonyl (C=O) groups excluding carboxylic acids is 1. The van der Waals surface area contributed by atoms with Crippen LogP contribution in [0.3, 0.4) is 0 Å². The molecule has 124 valence electrons. The monoisotopic (exact) mass is 344 g/mol. The van der Waals surface area contributed by atoms with Gasteiger partial charge in [0.15, 0.2) is 5.82 Å². The zero-order chi connectivity index (χ0) is 17.1. The van der Waals surface area contributed by atoms with E-state index in [9.17, 15) is 9.90 Å². The second-order valence-corrected chi connectivity index (χ2v) is 5.99. The molecule has 24 heavy (non-hydrogen) atoms. The van der Waals surface area contributed by atoms with Crippen LogP contribution in [0.1, 0.15) is 18.3 Å². The van der Waals surface area contributed by atoms with E-state index in [4.69, 9.17) is 4.74 Å². The molecule has 0 fully saturated rings. The molecule has 2 heterocycles. The number of nitrogens with zero attached hydrogens (tertiary/aromatic N) is 4. The molecular weight excluding hydrogens is 328 g/mol. The summed E-state index contributed by atoms with van der Waals surface area (Å²) in [6.45, 7) is 3.82. The van der Waals surface area contributed by atoms with Gasteiger partial charge in [-0.3, -0.25) is 0 Å². The van der Waals surface area contributed by atoms with Gasteiger partial charge in [0, 0.05) is 5.75 Å². The van der Waals surface area contributed by atoms with Crippen molar-refractivity contribution in [3.8, 4) is 5.75 Å². The van der Waals surface area contributed by atoms with Crippen molar-refractivity contribution < 1.29 is 14.6 Å². The van der Waals surface area contributed by atoms with Crippen molar-refractivity contribution in [2.75, 3.05) is 12.4 Å². The summed E-state index contributed by atoms with van der Waals surface area (Å²) in [6, 6.07) is 6.65. The van der Waals surface area contributed by atoms with E-state index < -0.39 is 5.97 Å². The number of aromatic hydroxyl groups is 1. The summed E-state index contributed by atoms with van der Waals surface area (Å²) in [4.78, 5) is 12.4. The van der Waals surface area contributed by atoms with Crippen molar-refractivity contribution in [1.29, 1.82) is 0 Å². The molecule has 1 aliphatic heterocycles. The highest BCUT2D eigenvalue weighted by Gasteiger charge is 2.24. The van der Waals surface area contributed by atoms with E-state index in [1.165, 1.54) is 11.8 Å². The summed E-state index contributed by atoms with van der Waals surface area (Å²) in [7, 11) is 0. The Morgan fingerprint density at radius 3 is 3.04 bits per heavy atom. The molecule has 0 atom stereocenters. The van der Waals surface area contributed by atoms with Crippen LogP contribution in [-0.4, -0.2) is 44.0 Å². The molecule has 8 heteroatoms. The number of ether oxygens (including phenoxy) is 1. The molecule has 1 aromatic carbocycles. The van der Waals surface area contributed by atoms with Gasteiger partial charge in [0.2, 0.25) is 5.16 Å². The van der Waals surface area contributed by atoms with Gasteiger partial charge in [0.1, 0.15) is 5.75 Å². The maximum Gasteiger partial charge on any atom is 0.340 e. The summed E-state index contributed by atoms with van der Waals surface area (Å²) < 4.78 is 6.77. The van der Waals surface area contributed by atoms with Gasteiger partial charge in [-0.1, -0.05) is 23.9 Å². The summed E-state index contributed by atoms with van der Waals surface area (Å²) in [6.07, 6.45) is 1.67. The molecule has 0 saturated heterocycles. The van der Waals surface area contributed by atoms with Crippen LogP contribution < -0.4 is 0 Å². The molecule has 0 spiro atoms. The highest BCUT2D eigenvalue weighted by Crippen LogP contribution is 2.25. The first-order valence-corrected chi connectivity index (χ1v) is 8.38. The lowest BCUT2D eigenvalue weighted by molar-refractivity contribution is -0.137. The summed E-state index contributed by atoms with van der Waals surface area (Å²) in [5.41, 5.74) is 1.63. The third-order valence-electron chi connectivity index (χ3n) is 3.31. The van der Waals surface area contributed by atoms with Crippen molar-refractivity contribution in [3.63, 3.8) is 0 Å². The Hall–Kier alpha value is -2.61. The maximum atomic E-state index is 12.4. The molecule has 0 unspecified atom stereocenters. The minimum atomic E-state index is -0.450. The predicted octanol–water partition coefficient (Wildman–Crippen LogP) is 2.25. The van der Waals surface area contributed by atoms with Gasteiger partial charge in [-0.2, -0.15) is 9.78 Å². The predicted molar refractivity (Wildman–Crippen MR) is 91.0 cm³/mol. The molecule has 0 bridgehead atoms. The van der Waals surface area contributed by atoms with Crippen molar-refractivity contribution >= 4 is 29.5 Å². The molecule has 7 nitrogen and oxygen atoms in total. The number of benzene rings is 1. The minimum Gasteiger partial charge on any atom is -0.508 e. The Morgan fingerprint density at radius 1 is 1.46 bits per heavy atom. The normalized spacial score (nSPS) is 14.1. The van der Waals surface area contributed by atoms with E-state index >= 15 is 0 Å². The highest BCUT2D eigenvalue weighted by molar-refractivity contribution is 7.99. The average Bonchev–Trinajstić information content (AvgIpc) is 2.94. The van der Waals surface area contributed by atoms with Crippen molar-refractivity contribution in [2.45, 2.75) is 19.0 Å². The van der Waals surface area contributed by atoms with Crippen LogP contribution in [-0.2, 0) is 9.53 Å². The number of phenolic OH excluding ortho intramolecular Hbond substituents is 1. The topological polar surface area (TPSA) is 89.6 Å². The zero-order valence-electron chi connectivity index (χ0n) is 13.3. The van der Waals surface area contributed by atoms with Gasteiger partial charge >= 0.3 is 5.97 Å². The highest BCUT2D eigenvalue weighted by atomic mass is 32.2. The van der Waals surface area contributed by atoms with Gasteiger partial charge in [0.25, 0.3) is 0 Å². The van der Waals surface area contributed by atoms with E-state index in [2.05, 4.69) is 15.3 Å². The van der Waals surface area contributed by atoms with Crippen molar-refractivity contribution in [1.82, 2.24) is 14.9 Å². The summed E-state index contributed by atoms with van der Waals surface area (Å²) in [5, 5.41) is 22.8. The smallest absolute Gasteiger partial charge is 0.340 e. The number of aromatic nitrogens is 3. The van der Waals surface area contributed by atoms with Crippen LogP contribution in [0.2, 0.25) is 0 Å². The quantitative estimate of drug-likeness (QED) is 0.676. The number of aryl methyl sites for hydroxylation is 1. The van der Waals surface area contributed by atoms with E-state index in [0.29, 0.717) is 33.6 Å². The lowest BCUT2D eigenvalue weighted by Gasteiger charge is -2.15. The second kappa shape index (κ2) is 6.88. The number of rotatable bonds is 4. The van der Waals surface area contributed by atoms with Gasteiger partial charge in [0.05, 0.1) is 17.9 Å². The molecule has 2 aromatic rings. The molecule has 0 radical (unpaired) electrons. The van der Waals surface area contributed by atoms with Crippen LogP contribution in [0, 0.1) is 6.92 Å². The molecule has 1 N–H and O–H groups in total. The Kier molecular flexibility index (Phi) is 4.66. The zero-order valence-corrected chi connectivity index (χ0v) is 14.1. The van der Waals surface area contributed by atoms with Crippen molar-refractivity contribution in [2.24, 2.45) is 5.10 Å². The van der Waals surface area contributed by atoms with Crippen LogP contribution in [0.5, 0.6) is 5.75 Å². The van der Waals surface area contributed by atoms with E-state index in [-0.39, 0.29) is 12.4 Å². The lowest BCUT2D eigenvalue weighted by Crippen LogP contribution is -2.21. The number of hydrogen-bond acceptors (Lipinski definition) is 7. The first-order chi connectivity index (χ1) is 11.6. The summed E-state index contributed by atoms with van der Waals surface area (Å²) in [5.74, 6) is 0.815. The van der Waals surface area contributed by atoms with E-state index in [1.807, 2.05) is 0 Å². The minimum absolute atomic E-state index is 0.129. The molecule has 0 amide bonds.